The van der Waals surface area contributed by atoms with Crippen LogP contribution in [0.3, 0.4) is 0 Å². The average molecular weight is 321 g/mol. The first-order valence-electron chi connectivity index (χ1n) is 10.8. The number of fused-ring (bicyclic) bond motifs is 3. The van der Waals surface area contributed by atoms with Crippen molar-refractivity contribution in [3.05, 3.63) is 35.4 Å². The number of ketones is 1. The molecule has 0 bridgehead atoms. The Morgan fingerprint density at radius 3 is 2.83 bits per heavy atom. The van der Waals surface area contributed by atoms with Crippen molar-refractivity contribution in [2.75, 3.05) is 27.2 Å². The van der Waals surface area contributed by atoms with Crippen LogP contribution in [-0.2, 0) is 11.2 Å². The Balaban J connectivity index is 1.96. The molecule has 124 valence electrons. The zero-order valence-corrected chi connectivity index (χ0v) is 13.2. The quantitative estimate of drug-likeness (QED) is 0.799. The van der Waals surface area contributed by atoms with Crippen molar-refractivity contribution < 1.29 is 22.5 Å². The van der Waals surface area contributed by atoms with Crippen LogP contribution in [0.4, 0.5) is 0 Å². The summed E-state index contributed by atoms with van der Waals surface area (Å²) in [4.78, 5) is 14.9. The molecular formula is C19H25NO3. The van der Waals surface area contributed by atoms with Crippen LogP contribution in [0.25, 0.3) is 0 Å². The van der Waals surface area contributed by atoms with E-state index in [-0.39, 0.29) is 29.2 Å². The second kappa shape index (κ2) is 6.36. The summed E-state index contributed by atoms with van der Waals surface area (Å²) in [5, 5.41) is 0. The summed E-state index contributed by atoms with van der Waals surface area (Å²) in [7, 11) is -5.50. The second-order valence-electron chi connectivity index (χ2n) is 6.49. The van der Waals surface area contributed by atoms with Crippen molar-refractivity contribution in [3.63, 3.8) is 0 Å². The third-order valence-electron chi connectivity index (χ3n) is 4.79. The van der Waals surface area contributed by atoms with Crippen molar-refractivity contribution in [2.45, 2.75) is 32.2 Å². The summed E-state index contributed by atoms with van der Waals surface area (Å²) >= 11 is 0. The molecule has 0 saturated carbocycles. The van der Waals surface area contributed by atoms with Crippen LogP contribution >= 0.6 is 0 Å². The third kappa shape index (κ3) is 3.00. The molecule has 2 heterocycles. The summed E-state index contributed by atoms with van der Waals surface area (Å²) in [6.07, 6.45) is 1.62. The molecular weight excluding hydrogens is 290 g/mol. The summed E-state index contributed by atoms with van der Waals surface area (Å²) in [5.74, 6) is -0.210. The van der Waals surface area contributed by atoms with Gasteiger partial charge in [-0.2, -0.15) is 0 Å². The molecule has 0 unspecified atom stereocenters. The molecule has 1 aromatic carbocycles. The van der Waals surface area contributed by atoms with Gasteiger partial charge < -0.3 is 9.47 Å². The van der Waals surface area contributed by atoms with Gasteiger partial charge in [-0.15, -0.1) is 6.58 Å². The topological polar surface area (TPSA) is 38.8 Å². The minimum absolute atomic E-state index is 0.0819. The highest BCUT2D eigenvalue weighted by atomic mass is 16.5. The van der Waals surface area contributed by atoms with Gasteiger partial charge in [0.2, 0.25) is 0 Å². The maximum atomic E-state index is 12.7. The molecule has 0 N–H and O–H groups in total. The lowest BCUT2D eigenvalue weighted by molar-refractivity contribution is -0.128. The predicted molar refractivity (Wildman–Crippen MR) is 90.1 cm³/mol. The molecule has 1 fully saturated rings. The highest BCUT2D eigenvalue weighted by Crippen LogP contribution is 2.42. The molecule has 1 aromatic rings. The highest BCUT2D eigenvalue weighted by Gasteiger charge is 2.38. The number of nitrogens with zero attached hydrogens (tertiary/aromatic N) is 1. The van der Waals surface area contributed by atoms with Crippen LogP contribution < -0.4 is 9.47 Å². The minimum atomic E-state index is -2.76. The molecule has 0 radical (unpaired) electrons. The number of methoxy groups -OCH3 is 2. The van der Waals surface area contributed by atoms with Crippen molar-refractivity contribution in [2.24, 2.45) is 5.92 Å². The molecule has 3 rings (SSSR count). The van der Waals surface area contributed by atoms with Gasteiger partial charge >= 0.3 is 0 Å². The summed E-state index contributed by atoms with van der Waals surface area (Å²) < 4.78 is 54.2. The summed E-state index contributed by atoms with van der Waals surface area (Å²) in [6, 6.07) is 2.87. The standard InChI is InChI=1S/C19H25NO3/c1-12(2)7-14-11-20-6-5-13-8-18(22-3)19(23-4)9-15(13)16(20)10-17(14)21/h8-9,14,16H,1,5-7,10-11H2,2-4H3/t14-,16-/m0/s1/i3D3,4D3. The van der Waals surface area contributed by atoms with E-state index >= 15 is 0 Å². The number of hydrogen-bond acceptors (Lipinski definition) is 4. The van der Waals surface area contributed by atoms with E-state index in [1.807, 2.05) is 6.92 Å². The molecule has 4 nitrogen and oxygen atoms in total. The van der Waals surface area contributed by atoms with E-state index in [0.717, 1.165) is 23.2 Å². The lowest BCUT2D eigenvalue weighted by atomic mass is 9.81. The number of allylic oxidation sites excluding steroid dienone is 1. The van der Waals surface area contributed by atoms with Gasteiger partial charge in [0.25, 0.3) is 0 Å². The van der Waals surface area contributed by atoms with E-state index in [4.69, 9.17) is 17.7 Å². The average Bonchev–Trinajstić information content (AvgIpc) is 2.53. The van der Waals surface area contributed by atoms with Crippen LogP contribution in [0, 0.1) is 5.92 Å². The van der Waals surface area contributed by atoms with Crippen LogP contribution in [0.15, 0.2) is 24.3 Å². The molecule has 0 spiro atoms. The predicted octanol–water partition coefficient (Wildman–Crippen LogP) is 3.16. The highest BCUT2D eigenvalue weighted by molar-refractivity contribution is 5.83. The zero-order valence-electron chi connectivity index (χ0n) is 19.2. The molecule has 0 amide bonds. The fraction of sp³-hybridized carbons (Fsp3) is 0.526. The van der Waals surface area contributed by atoms with Gasteiger partial charge in [0.15, 0.2) is 11.5 Å². The summed E-state index contributed by atoms with van der Waals surface area (Å²) in [6.45, 7) is 7.17. The van der Waals surface area contributed by atoms with E-state index in [9.17, 15) is 4.79 Å². The van der Waals surface area contributed by atoms with Crippen molar-refractivity contribution in [1.82, 2.24) is 4.90 Å². The summed E-state index contributed by atoms with van der Waals surface area (Å²) in [5.41, 5.74) is 2.60. The number of carbonyl (C=O) groups excluding carboxylic acids is 1. The molecule has 2 atom stereocenters. The van der Waals surface area contributed by atoms with Crippen molar-refractivity contribution in [1.29, 1.82) is 0 Å². The van der Waals surface area contributed by atoms with E-state index in [1.54, 1.807) is 0 Å². The van der Waals surface area contributed by atoms with E-state index in [2.05, 4.69) is 11.5 Å². The molecule has 0 aromatic heterocycles. The smallest absolute Gasteiger partial charge is 0.161 e. The maximum Gasteiger partial charge on any atom is 0.161 e. The lowest BCUT2D eigenvalue weighted by Crippen LogP contribution is -2.46. The number of benzene rings is 1. The SMILES string of the molecule is [2H]C([2H])([2H])Oc1cc2c(cc1OC([2H])([2H])[2H])[C@@H]1CC(=O)[C@@H](CC(=C)C)CN1CC2. The largest absolute Gasteiger partial charge is 0.493 e. The van der Waals surface area contributed by atoms with Crippen LogP contribution in [-0.4, -0.2) is 37.8 Å². The lowest BCUT2D eigenvalue weighted by Gasteiger charge is -2.43. The van der Waals surface area contributed by atoms with E-state index in [0.29, 0.717) is 25.8 Å². The Kier molecular flexibility index (Phi) is 2.80. The zero-order chi connectivity index (χ0) is 21.6. The molecule has 0 aliphatic carbocycles. The first kappa shape index (κ1) is 10.1. The second-order valence-corrected chi connectivity index (χ2v) is 6.49. The fourth-order valence-corrected chi connectivity index (χ4v) is 3.72. The normalized spacial score (nSPS) is 28.8. The number of hydrogen-bond donors (Lipinski definition) is 0. The Morgan fingerprint density at radius 2 is 2.13 bits per heavy atom. The molecule has 23 heavy (non-hydrogen) atoms. The fourth-order valence-electron chi connectivity index (χ4n) is 3.72. The molecule has 2 aliphatic rings. The molecule has 2 aliphatic heterocycles. The Bertz CT molecular complexity index is 817. The monoisotopic (exact) mass is 321 g/mol. The van der Waals surface area contributed by atoms with Gasteiger partial charge in [-0.1, -0.05) is 5.57 Å². The van der Waals surface area contributed by atoms with Crippen LogP contribution in [0.2, 0.25) is 0 Å². The number of Topliss-reactive ketones (excluding diaryl/α,β-unsaturated/α-hetero) is 1. The number of piperidine rings is 1. The minimum Gasteiger partial charge on any atom is -0.493 e. The van der Waals surface area contributed by atoms with Crippen LogP contribution in [0.1, 0.15) is 45.2 Å². The first-order valence-corrected chi connectivity index (χ1v) is 7.78. The molecule has 1 saturated heterocycles. The van der Waals surface area contributed by atoms with Crippen molar-refractivity contribution >= 4 is 5.78 Å². The van der Waals surface area contributed by atoms with Crippen molar-refractivity contribution in [3.8, 4) is 11.5 Å². The maximum absolute atomic E-state index is 12.7. The Hall–Kier alpha value is -1.81. The Morgan fingerprint density at radius 1 is 1.39 bits per heavy atom. The van der Waals surface area contributed by atoms with E-state index in [1.165, 1.54) is 12.1 Å². The van der Waals surface area contributed by atoms with Gasteiger partial charge in [0.05, 0.1) is 22.3 Å². The number of rotatable bonds is 4. The van der Waals surface area contributed by atoms with Gasteiger partial charge in [-0.05, 0) is 43.0 Å². The van der Waals surface area contributed by atoms with Gasteiger partial charge in [-0.25, -0.2) is 0 Å². The third-order valence-corrected chi connectivity index (χ3v) is 4.79. The number of carbonyl (C=O) groups is 1. The first-order chi connectivity index (χ1) is 13.3. The van der Waals surface area contributed by atoms with Crippen LogP contribution in [0.5, 0.6) is 11.5 Å². The van der Waals surface area contributed by atoms with Gasteiger partial charge in [0.1, 0.15) is 5.78 Å². The number of ether oxygens (including phenoxy) is 2. The Labute approximate surface area is 146 Å². The van der Waals surface area contributed by atoms with Gasteiger partial charge in [-0.3, -0.25) is 9.69 Å². The van der Waals surface area contributed by atoms with E-state index < -0.39 is 14.1 Å². The molecule has 4 heteroatoms. The van der Waals surface area contributed by atoms with Gasteiger partial charge in [0, 0.05) is 31.5 Å².